The second-order valence-electron chi connectivity index (χ2n) is 19.0. The minimum Gasteiger partial charge on any atom is -0.507 e. The van der Waals surface area contributed by atoms with E-state index in [9.17, 15) is 34.5 Å². The average Bonchev–Trinajstić information content (AvgIpc) is 3.72. The zero-order valence-electron chi connectivity index (χ0n) is 38.1. The standard InChI is InChI=1S/C47H64N4O11/c1-23(2)22-51(11)19-17-47(18-20-51)49-35-32-33-40(55)29(8)43-34(32)44(57)46(10,62-43)60-21-16-31(59-12)26(5)42(61-30(9)52)28(7)39(54)27(6)38(53)24(3)14-13-15-25(4)45(58)48-37(41(33)56)36(35)50-47/h13-16,21,23-24,26-28,31,38-39,42,53-54H,17-20,22H2,1-12H3,(H2-,48,49,50,55,56,57,58)/p+1/b14-13+,21-16+,25-15-/t24-,26+,27+,28+,31-,38-,39+,42+,46-,47?,51?/m0/s1. The number of ketones is 2. The Morgan fingerprint density at radius 3 is 2.26 bits per heavy atom. The third kappa shape index (κ3) is 8.48. The van der Waals surface area contributed by atoms with E-state index in [2.05, 4.69) is 31.5 Å². The number of aromatic hydroxyl groups is 1. The van der Waals surface area contributed by atoms with E-state index < -0.39 is 88.7 Å². The molecule has 6 rings (SSSR count). The lowest BCUT2D eigenvalue weighted by Gasteiger charge is -2.44. The highest BCUT2D eigenvalue weighted by atomic mass is 16.7. The number of aliphatic hydroxyl groups excluding tert-OH is 2. The van der Waals surface area contributed by atoms with Crippen molar-refractivity contribution in [2.75, 3.05) is 33.8 Å². The fourth-order valence-electron chi connectivity index (χ4n) is 9.86. The molecular formula is C47H65N4O11+. The molecule has 4 heterocycles. The fraction of sp³-hybridized carbons (Fsp3) is 0.596. The van der Waals surface area contributed by atoms with Gasteiger partial charge in [0.25, 0.3) is 11.7 Å². The number of fused-ring (bicyclic) bond motifs is 3. The number of amides is 1. The van der Waals surface area contributed by atoms with Crippen molar-refractivity contribution in [2.24, 2.45) is 34.6 Å². The van der Waals surface area contributed by atoms with Gasteiger partial charge in [0.15, 0.2) is 0 Å². The van der Waals surface area contributed by atoms with Crippen molar-refractivity contribution in [2.45, 2.75) is 118 Å². The van der Waals surface area contributed by atoms with Crippen LogP contribution < -0.4 is 15.4 Å². The second-order valence-corrected chi connectivity index (χ2v) is 19.0. The van der Waals surface area contributed by atoms with Gasteiger partial charge in [-0.15, -0.1) is 0 Å². The van der Waals surface area contributed by atoms with Gasteiger partial charge in [-0.2, -0.15) is 0 Å². The largest absolute Gasteiger partial charge is 0.507 e. The minimum absolute atomic E-state index is 0.0201. The Labute approximate surface area is 364 Å². The van der Waals surface area contributed by atoms with Crippen molar-refractivity contribution in [3.63, 3.8) is 0 Å². The van der Waals surface area contributed by atoms with E-state index in [-0.39, 0.29) is 50.7 Å². The molecule has 1 aromatic rings. The van der Waals surface area contributed by atoms with E-state index in [1.807, 2.05) is 0 Å². The van der Waals surface area contributed by atoms with E-state index in [0.29, 0.717) is 18.8 Å². The molecule has 1 amide bonds. The molecule has 0 unspecified atom stereocenters. The Morgan fingerprint density at radius 1 is 0.984 bits per heavy atom. The van der Waals surface area contributed by atoms with Crippen LogP contribution in [-0.4, -0.2) is 119 Å². The number of ether oxygens (including phenoxy) is 4. The number of likely N-dealkylation sites (tertiary alicyclic amines) is 1. The number of carbonyl (C=O) groups excluding carboxylic acids is 4. The van der Waals surface area contributed by atoms with Crippen molar-refractivity contribution in [1.82, 2.24) is 10.6 Å². The SMILES string of the molecule is CO[C@H]1/C=C/O[C@@]2(C)Oc3c(C)c(O)c4c(c3C2=O)C2=NC3(CC[N+](C)(CC(C)C)CC3)NC2=C(NC(=O)/C(C)=C\C=C\[C@H](C)[C@H](O)[C@@H](C)[C@@H](O)[C@@H](C)[C@H](OC(C)=O)[C@@H]1C)C4=O. The van der Waals surface area contributed by atoms with Crippen LogP contribution in [0.2, 0.25) is 0 Å². The van der Waals surface area contributed by atoms with Crippen molar-refractivity contribution >= 4 is 29.2 Å². The molecule has 4 aliphatic heterocycles. The number of hydrogen-bond acceptors (Lipinski definition) is 13. The Bertz CT molecular complexity index is 2160. The maximum atomic E-state index is 14.8. The molecule has 5 bridgehead atoms. The van der Waals surface area contributed by atoms with Crippen LogP contribution in [0, 0.1) is 36.5 Å². The molecule has 9 atom stereocenters. The number of hydrogen-bond donors (Lipinski definition) is 5. The number of esters is 1. The second kappa shape index (κ2) is 17.4. The van der Waals surface area contributed by atoms with Crippen molar-refractivity contribution in [3.8, 4) is 11.5 Å². The van der Waals surface area contributed by atoms with E-state index >= 15 is 0 Å². The number of aliphatic imine (C=N–C) groups is 1. The molecule has 15 nitrogen and oxygen atoms in total. The molecule has 1 aromatic carbocycles. The number of allylic oxidation sites excluding steroid dienone is 4. The molecule has 1 fully saturated rings. The number of carbonyl (C=O) groups is 4. The zero-order valence-corrected chi connectivity index (χ0v) is 38.1. The van der Waals surface area contributed by atoms with Gasteiger partial charge in [-0.05, 0) is 19.9 Å². The monoisotopic (exact) mass is 861 g/mol. The zero-order chi connectivity index (χ0) is 45.8. The van der Waals surface area contributed by atoms with Crippen LogP contribution in [0.3, 0.4) is 0 Å². The van der Waals surface area contributed by atoms with E-state index in [0.717, 1.165) is 24.1 Å². The van der Waals surface area contributed by atoms with Crippen LogP contribution in [0.4, 0.5) is 0 Å². The molecule has 0 radical (unpaired) electrons. The molecule has 5 aliphatic rings. The number of rotatable bonds is 4. The summed E-state index contributed by atoms with van der Waals surface area (Å²) in [6, 6.07) is 0. The first-order chi connectivity index (χ1) is 29.0. The topological polar surface area (TPSA) is 202 Å². The number of phenolic OH excluding ortho intramolecular Hbond substituents is 1. The minimum atomic E-state index is -1.97. The number of nitrogens with one attached hydrogen (secondary N) is 2. The van der Waals surface area contributed by atoms with Gasteiger partial charge in [-0.1, -0.05) is 59.8 Å². The summed E-state index contributed by atoms with van der Waals surface area (Å²) in [5.41, 5.74) is -0.154. The highest BCUT2D eigenvalue weighted by molar-refractivity contribution is 6.34. The highest BCUT2D eigenvalue weighted by Crippen LogP contribution is 2.50. The van der Waals surface area contributed by atoms with Crippen LogP contribution in [0.15, 0.2) is 52.5 Å². The number of phenols is 1. The summed E-state index contributed by atoms with van der Waals surface area (Å²) in [5.74, 6) is -6.76. The van der Waals surface area contributed by atoms with E-state index in [1.54, 1.807) is 58.9 Å². The summed E-state index contributed by atoms with van der Waals surface area (Å²) in [4.78, 5) is 61.1. The first-order valence-electron chi connectivity index (χ1n) is 21.7. The Hall–Kier alpha value is -4.83. The van der Waals surface area contributed by atoms with Crippen molar-refractivity contribution < 1.29 is 57.9 Å². The van der Waals surface area contributed by atoms with Gasteiger partial charge in [0, 0.05) is 80.1 Å². The molecule has 1 aliphatic carbocycles. The van der Waals surface area contributed by atoms with Gasteiger partial charge >= 0.3 is 11.8 Å². The number of methoxy groups -OCH3 is 1. The molecule has 0 saturated carbocycles. The Kier molecular flexibility index (Phi) is 13.1. The molecule has 1 spiro atoms. The number of aliphatic hydroxyl groups is 2. The number of benzene rings is 1. The molecule has 62 heavy (non-hydrogen) atoms. The predicted molar refractivity (Wildman–Crippen MR) is 231 cm³/mol. The molecule has 5 N–H and O–H groups in total. The first-order valence-corrected chi connectivity index (χ1v) is 21.7. The molecule has 338 valence electrons. The molecule has 1 saturated heterocycles. The van der Waals surface area contributed by atoms with Crippen LogP contribution in [-0.2, 0) is 23.8 Å². The Balaban J connectivity index is 1.50. The van der Waals surface area contributed by atoms with E-state index in [1.165, 1.54) is 34.1 Å². The predicted octanol–water partition coefficient (Wildman–Crippen LogP) is 4.76. The third-order valence-corrected chi connectivity index (χ3v) is 13.6. The highest BCUT2D eigenvalue weighted by Gasteiger charge is 2.55. The average molecular weight is 862 g/mol. The van der Waals surface area contributed by atoms with Crippen LogP contribution in [0.1, 0.15) is 107 Å². The summed E-state index contributed by atoms with van der Waals surface area (Å²) >= 11 is 0. The van der Waals surface area contributed by atoms with Crippen molar-refractivity contribution in [3.05, 3.63) is 69.8 Å². The first kappa shape index (κ1) is 46.7. The lowest BCUT2D eigenvalue weighted by atomic mass is 9.78. The van der Waals surface area contributed by atoms with Crippen LogP contribution in [0.25, 0.3) is 0 Å². The van der Waals surface area contributed by atoms with E-state index in [4.69, 9.17) is 23.9 Å². The maximum Gasteiger partial charge on any atom is 0.312 e. The van der Waals surface area contributed by atoms with Crippen molar-refractivity contribution in [1.29, 1.82) is 0 Å². The molecule has 15 heteroatoms. The summed E-state index contributed by atoms with van der Waals surface area (Å²) in [6.07, 6.45) is 5.12. The summed E-state index contributed by atoms with van der Waals surface area (Å²) in [7, 11) is 3.69. The van der Waals surface area contributed by atoms with Gasteiger partial charge in [0.1, 0.15) is 29.0 Å². The molecular weight excluding hydrogens is 797 g/mol. The third-order valence-electron chi connectivity index (χ3n) is 13.6. The van der Waals surface area contributed by atoms with Crippen LogP contribution >= 0.6 is 0 Å². The normalized spacial score (nSPS) is 37.1. The van der Waals surface area contributed by atoms with Gasteiger partial charge in [0.05, 0.1) is 73.8 Å². The van der Waals surface area contributed by atoms with Gasteiger partial charge in [0.2, 0.25) is 5.78 Å². The quantitative estimate of drug-likeness (QED) is 0.206. The summed E-state index contributed by atoms with van der Waals surface area (Å²) in [5, 5.41) is 41.2. The summed E-state index contributed by atoms with van der Waals surface area (Å²) < 4.78 is 24.8. The Morgan fingerprint density at radius 2 is 1.65 bits per heavy atom. The summed E-state index contributed by atoms with van der Waals surface area (Å²) in [6.45, 7) is 19.8. The number of quaternary nitrogens is 1. The van der Waals surface area contributed by atoms with Crippen LogP contribution in [0.5, 0.6) is 11.5 Å². The lowest BCUT2D eigenvalue weighted by molar-refractivity contribution is -0.918. The fourth-order valence-corrected chi connectivity index (χ4v) is 9.86. The number of Topliss-reactive ketones (excluding diaryl/α,β-unsaturated/α-hetero) is 2. The smallest absolute Gasteiger partial charge is 0.312 e. The van der Waals surface area contributed by atoms with Gasteiger partial charge < -0.3 is 49.4 Å². The van der Waals surface area contributed by atoms with Gasteiger partial charge in [-0.3, -0.25) is 24.2 Å². The van der Waals surface area contributed by atoms with Gasteiger partial charge in [-0.25, -0.2) is 0 Å². The number of piperidine rings is 1. The number of nitrogens with zero attached hydrogens (tertiary/aromatic N) is 2. The molecule has 0 aromatic heterocycles. The lowest BCUT2D eigenvalue weighted by Crippen LogP contribution is -2.58. The maximum absolute atomic E-state index is 14.8.